The lowest BCUT2D eigenvalue weighted by Gasteiger charge is -2.12. The summed E-state index contributed by atoms with van der Waals surface area (Å²) in [6.45, 7) is 8.12. The molecule has 2 rings (SSSR count). The molecule has 1 aromatic carbocycles. The molecule has 3 heteroatoms. The molecule has 0 aliphatic heterocycles. The maximum absolute atomic E-state index is 12.0. The number of aromatic amines is 1. The monoisotopic (exact) mass is 242 g/mol. The van der Waals surface area contributed by atoms with E-state index in [2.05, 4.69) is 28.2 Å². The van der Waals surface area contributed by atoms with Gasteiger partial charge in [-0.1, -0.05) is 31.5 Å². The van der Waals surface area contributed by atoms with E-state index in [1.807, 2.05) is 27.7 Å². The normalized spacial score (nSPS) is 10.9. The van der Waals surface area contributed by atoms with Gasteiger partial charge in [-0.25, -0.2) is 4.98 Å². The van der Waals surface area contributed by atoms with E-state index in [1.54, 1.807) is 0 Å². The number of aromatic nitrogens is 2. The molecule has 0 unspecified atom stereocenters. The first-order valence-electron chi connectivity index (χ1n) is 6.16. The van der Waals surface area contributed by atoms with E-state index in [4.69, 9.17) is 0 Å². The van der Waals surface area contributed by atoms with E-state index >= 15 is 0 Å². The molecule has 1 N–H and O–H groups in total. The van der Waals surface area contributed by atoms with Gasteiger partial charge >= 0.3 is 0 Å². The van der Waals surface area contributed by atoms with Gasteiger partial charge in [-0.05, 0) is 31.4 Å². The van der Waals surface area contributed by atoms with Crippen LogP contribution in [0, 0.1) is 13.8 Å². The van der Waals surface area contributed by atoms with Crippen molar-refractivity contribution < 1.29 is 0 Å². The first kappa shape index (κ1) is 12.6. The summed E-state index contributed by atoms with van der Waals surface area (Å²) in [4.78, 5) is 19.0. The summed E-state index contributed by atoms with van der Waals surface area (Å²) in [5, 5.41) is 0. The Morgan fingerprint density at radius 1 is 1.22 bits per heavy atom. The molecule has 18 heavy (non-hydrogen) atoms. The molecule has 0 fully saturated rings. The SMILES string of the molecule is Cc1ccc(C)c(-c2nc[nH]c(=O)c2C(C)C)c1. The average Bonchev–Trinajstić information content (AvgIpc) is 2.31. The topological polar surface area (TPSA) is 45.8 Å². The van der Waals surface area contributed by atoms with Crippen molar-refractivity contribution >= 4 is 0 Å². The van der Waals surface area contributed by atoms with Gasteiger partial charge in [0.05, 0.1) is 12.0 Å². The number of hydrogen-bond donors (Lipinski definition) is 1. The molecule has 3 nitrogen and oxygen atoms in total. The molecular weight excluding hydrogens is 224 g/mol. The average molecular weight is 242 g/mol. The van der Waals surface area contributed by atoms with Gasteiger partial charge in [-0.3, -0.25) is 4.79 Å². The number of aryl methyl sites for hydroxylation is 2. The molecule has 1 aromatic heterocycles. The standard InChI is InChI=1S/C15H18N2O/c1-9(2)13-14(16-8-17-15(13)18)12-7-10(3)5-6-11(12)4/h5-9H,1-4H3,(H,16,17,18). The van der Waals surface area contributed by atoms with Crippen LogP contribution in [-0.2, 0) is 0 Å². The van der Waals surface area contributed by atoms with Crippen LogP contribution in [0.25, 0.3) is 11.3 Å². The minimum Gasteiger partial charge on any atom is -0.313 e. The first-order chi connectivity index (χ1) is 8.50. The van der Waals surface area contributed by atoms with Gasteiger partial charge < -0.3 is 4.98 Å². The van der Waals surface area contributed by atoms with Crippen molar-refractivity contribution in [3.63, 3.8) is 0 Å². The van der Waals surface area contributed by atoms with Crippen molar-refractivity contribution in [2.45, 2.75) is 33.6 Å². The van der Waals surface area contributed by atoms with Crippen LogP contribution in [0.15, 0.2) is 29.3 Å². The van der Waals surface area contributed by atoms with Gasteiger partial charge in [0.25, 0.3) is 5.56 Å². The van der Waals surface area contributed by atoms with Crippen molar-refractivity contribution in [1.82, 2.24) is 9.97 Å². The lowest BCUT2D eigenvalue weighted by atomic mass is 9.95. The highest BCUT2D eigenvalue weighted by Crippen LogP contribution is 2.27. The summed E-state index contributed by atoms with van der Waals surface area (Å²) in [6.07, 6.45) is 1.48. The lowest BCUT2D eigenvalue weighted by molar-refractivity contribution is 0.833. The second kappa shape index (κ2) is 4.77. The Labute approximate surface area is 107 Å². The minimum absolute atomic E-state index is 0.0455. The maximum Gasteiger partial charge on any atom is 0.254 e. The second-order valence-electron chi connectivity index (χ2n) is 4.97. The van der Waals surface area contributed by atoms with Crippen LogP contribution in [0.3, 0.4) is 0 Å². The lowest BCUT2D eigenvalue weighted by Crippen LogP contribution is -2.16. The zero-order valence-electron chi connectivity index (χ0n) is 11.2. The van der Waals surface area contributed by atoms with Crippen LogP contribution < -0.4 is 5.56 Å². The molecule has 0 radical (unpaired) electrons. The minimum atomic E-state index is -0.0455. The van der Waals surface area contributed by atoms with E-state index in [0.29, 0.717) is 0 Å². The van der Waals surface area contributed by atoms with E-state index in [9.17, 15) is 4.79 Å². The third-order valence-electron chi connectivity index (χ3n) is 3.11. The third kappa shape index (κ3) is 2.21. The molecule has 0 aliphatic rings. The number of nitrogens with zero attached hydrogens (tertiary/aromatic N) is 1. The summed E-state index contributed by atoms with van der Waals surface area (Å²) in [5.41, 5.74) is 4.87. The van der Waals surface area contributed by atoms with E-state index in [1.165, 1.54) is 11.9 Å². The third-order valence-corrected chi connectivity index (χ3v) is 3.11. The Hall–Kier alpha value is -1.90. The van der Waals surface area contributed by atoms with Gasteiger partial charge in [0.15, 0.2) is 0 Å². The highest BCUT2D eigenvalue weighted by molar-refractivity contribution is 5.67. The largest absolute Gasteiger partial charge is 0.313 e. The predicted molar refractivity (Wildman–Crippen MR) is 73.9 cm³/mol. The van der Waals surface area contributed by atoms with Crippen LogP contribution in [0.2, 0.25) is 0 Å². The molecule has 0 saturated heterocycles. The fourth-order valence-electron chi connectivity index (χ4n) is 2.15. The number of nitrogens with one attached hydrogen (secondary N) is 1. The van der Waals surface area contributed by atoms with Gasteiger partial charge in [0.1, 0.15) is 0 Å². The fraction of sp³-hybridized carbons (Fsp3) is 0.333. The summed E-state index contributed by atoms with van der Waals surface area (Å²) in [7, 11) is 0. The molecule has 94 valence electrons. The molecule has 1 heterocycles. The van der Waals surface area contributed by atoms with Crippen LogP contribution >= 0.6 is 0 Å². The molecule has 2 aromatic rings. The van der Waals surface area contributed by atoms with Crippen molar-refractivity contribution in [3.8, 4) is 11.3 Å². The predicted octanol–water partition coefficient (Wildman–Crippen LogP) is 3.18. The Morgan fingerprint density at radius 3 is 2.61 bits per heavy atom. The fourth-order valence-corrected chi connectivity index (χ4v) is 2.15. The summed E-state index contributed by atoms with van der Waals surface area (Å²) < 4.78 is 0. The Kier molecular flexibility index (Phi) is 3.32. The van der Waals surface area contributed by atoms with Gasteiger partial charge in [0, 0.05) is 11.1 Å². The summed E-state index contributed by atoms with van der Waals surface area (Å²) in [6, 6.07) is 6.22. The molecule has 0 amide bonds. The molecule has 0 saturated carbocycles. The van der Waals surface area contributed by atoms with Crippen molar-refractivity contribution in [2.75, 3.05) is 0 Å². The van der Waals surface area contributed by atoms with Gasteiger partial charge in [0.2, 0.25) is 0 Å². The second-order valence-corrected chi connectivity index (χ2v) is 4.97. The maximum atomic E-state index is 12.0. The Morgan fingerprint density at radius 2 is 1.94 bits per heavy atom. The summed E-state index contributed by atoms with van der Waals surface area (Å²) in [5.74, 6) is 0.150. The Balaban J connectivity index is 2.75. The smallest absolute Gasteiger partial charge is 0.254 e. The van der Waals surface area contributed by atoms with Crippen LogP contribution in [0.1, 0.15) is 36.5 Å². The highest BCUT2D eigenvalue weighted by Gasteiger charge is 2.15. The van der Waals surface area contributed by atoms with E-state index in [0.717, 1.165) is 22.4 Å². The van der Waals surface area contributed by atoms with Crippen LogP contribution in [0.5, 0.6) is 0 Å². The van der Waals surface area contributed by atoms with Gasteiger partial charge in [-0.2, -0.15) is 0 Å². The zero-order chi connectivity index (χ0) is 13.3. The molecule has 0 atom stereocenters. The molecular formula is C15H18N2O. The van der Waals surface area contributed by atoms with E-state index < -0.39 is 0 Å². The summed E-state index contributed by atoms with van der Waals surface area (Å²) >= 11 is 0. The number of rotatable bonds is 2. The zero-order valence-corrected chi connectivity index (χ0v) is 11.2. The number of H-pyrrole nitrogens is 1. The van der Waals surface area contributed by atoms with Crippen molar-refractivity contribution in [3.05, 3.63) is 51.6 Å². The molecule has 0 bridgehead atoms. The number of benzene rings is 1. The van der Waals surface area contributed by atoms with Crippen LogP contribution in [0.4, 0.5) is 0 Å². The Bertz CT molecular complexity index is 627. The van der Waals surface area contributed by atoms with E-state index in [-0.39, 0.29) is 11.5 Å². The first-order valence-corrected chi connectivity index (χ1v) is 6.16. The van der Waals surface area contributed by atoms with Crippen LogP contribution in [-0.4, -0.2) is 9.97 Å². The van der Waals surface area contributed by atoms with Crippen molar-refractivity contribution in [2.24, 2.45) is 0 Å². The molecule has 0 spiro atoms. The van der Waals surface area contributed by atoms with Gasteiger partial charge in [-0.15, -0.1) is 0 Å². The quantitative estimate of drug-likeness (QED) is 0.879. The molecule has 0 aliphatic carbocycles. The van der Waals surface area contributed by atoms with Crippen molar-refractivity contribution in [1.29, 1.82) is 0 Å². The number of hydrogen-bond acceptors (Lipinski definition) is 2. The highest BCUT2D eigenvalue weighted by atomic mass is 16.1.